The van der Waals surface area contributed by atoms with E-state index in [-0.39, 0.29) is 18.4 Å². The molecule has 0 saturated carbocycles. The summed E-state index contributed by atoms with van der Waals surface area (Å²) in [6.07, 6.45) is -0.882. The molecule has 0 spiro atoms. The van der Waals surface area contributed by atoms with Crippen molar-refractivity contribution in [2.75, 3.05) is 6.54 Å². The van der Waals surface area contributed by atoms with Gasteiger partial charge in [-0.1, -0.05) is 42.0 Å². The minimum Gasteiger partial charge on any atom is -0.387 e. The number of benzene rings is 2. The molecule has 1 N–H and O–H groups in total. The minimum atomic E-state index is -0.882. The number of carbonyl (C=O) groups excluding carboxylic acids is 2. The van der Waals surface area contributed by atoms with E-state index in [0.717, 1.165) is 10.5 Å². The number of aliphatic hydroxyl groups excluding tert-OH is 1. The van der Waals surface area contributed by atoms with Gasteiger partial charge in [0, 0.05) is 0 Å². The summed E-state index contributed by atoms with van der Waals surface area (Å²) in [5.41, 5.74) is 2.53. The highest BCUT2D eigenvalue weighted by Gasteiger charge is 2.36. The normalized spacial score (nSPS) is 15.2. The number of imide groups is 1. The summed E-state index contributed by atoms with van der Waals surface area (Å²) >= 11 is 0. The summed E-state index contributed by atoms with van der Waals surface area (Å²) < 4.78 is 0. The Kier molecular flexibility index (Phi) is 3.31. The summed E-state index contributed by atoms with van der Waals surface area (Å²) in [4.78, 5) is 25.6. The second-order valence-electron chi connectivity index (χ2n) is 5.20. The van der Waals surface area contributed by atoms with Crippen LogP contribution in [0.5, 0.6) is 0 Å². The third kappa shape index (κ3) is 2.34. The van der Waals surface area contributed by atoms with Crippen LogP contribution in [0.4, 0.5) is 0 Å². The lowest BCUT2D eigenvalue weighted by atomic mass is 10.1. The van der Waals surface area contributed by atoms with E-state index in [1.165, 1.54) is 0 Å². The lowest BCUT2D eigenvalue weighted by molar-refractivity contribution is 0.0543. The first kappa shape index (κ1) is 13.5. The van der Waals surface area contributed by atoms with Crippen molar-refractivity contribution >= 4 is 11.8 Å². The number of rotatable bonds is 3. The van der Waals surface area contributed by atoms with Gasteiger partial charge >= 0.3 is 0 Å². The molecule has 3 rings (SSSR count). The highest BCUT2D eigenvalue weighted by molar-refractivity contribution is 6.21. The van der Waals surface area contributed by atoms with E-state index in [1.54, 1.807) is 30.3 Å². The molecule has 1 heterocycles. The molecule has 0 aromatic heterocycles. The van der Waals surface area contributed by atoms with Crippen LogP contribution in [0.25, 0.3) is 0 Å². The van der Waals surface area contributed by atoms with E-state index in [4.69, 9.17) is 0 Å². The molecule has 1 aliphatic heterocycles. The maximum atomic E-state index is 12.2. The van der Waals surface area contributed by atoms with E-state index in [2.05, 4.69) is 0 Å². The summed E-state index contributed by atoms with van der Waals surface area (Å²) in [7, 11) is 0. The Morgan fingerprint density at radius 3 is 2.19 bits per heavy atom. The molecule has 21 heavy (non-hydrogen) atoms. The SMILES string of the molecule is Cc1cccc(C(O)CN2C(=O)c3ccccc3C2=O)c1. The van der Waals surface area contributed by atoms with E-state index >= 15 is 0 Å². The summed E-state index contributed by atoms with van der Waals surface area (Å²) in [5, 5.41) is 10.3. The van der Waals surface area contributed by atoms with Crippen LogP contribution in [0.2, 0.25) is 0 Å². The minimum absolute atomic E-state index is 0.0319. The number of hydrogen-bond donors (Lipinski definition) is 1. The number of aryl methyl sites for hydroxylation is 1. The zero-order valence-electron chi connectivity index (χ0n) is 11.6. The Balaban J connectivity index is 1.84. The first-order chi connectivity index (χ1) is 10.1. The van der Waals surface area contributed by atoms with E-state index < -0.39 is 6.10 Å². The molecule has 2 amide bonds. The van der Waals surface area contributed by atoms with Gasteiger partial charge in [-0.15, -0.1) is 0 Å². The average molecular weight is 281 g/mol. The van der Waals surface area contributed by atoms with Crippen LogP contribution < -0.4 is 0 Å². The fraction of sp³-hybridized carbons (Fsp3) is 0.176. The molecule has 0 bridgehead atoms. The van der Waals surface area contributed by atoms with Crippen LogP contribution in [0.1, 0.15) is 37.9 Å². The predicted octanol–water partition coefficient (Wildman–Crippen LogP) is 2.32. The van der Waals surface area contributed by atoms with Crippen LogP contribution in [0, 0.1) is 6.92 Å². The van der Waals surface area contributed by atoms with Gasteiger partial charge in [0.2, 0.25) is 0 Å². The molecule has 106 valence electrons. The van der Waals surface area contributed by atoms with Crippen LogP contribution in [0.3, 0.4) is 0 Å². The molecular weight excluding hydrogens is 266 g/mol. The second-order valence-corrected chi connectivity index (χ2v) is 5.20. The fourth-order valence-corrected chi connectivity index (χ4v) is 2.56. The molecule has 2 aromatic rings. The second kappa shape index (κ2) is 5.14. The van der Waals surface area contributed by atoms with E-state index in [9.17, 15) is 14.7 Å². The number of fused-ring (bicyclic) bond motifs is 1. The van der Waals surface area contributed by atoms with Crippen LogP contribution >= 0.6 is 0 Å². The Hall–Kier alpha value is -2.46. The Morgan fingerprint density at radius 2 is 1.62 bits per heavy atom. The molecule has 1 atom stereocenters. The van der Waals surface area contributed by atoms with Gasteiger partial charge in [-0.25, -0.2) is 0 Å². The molecular formula is C17H15NO3. The molecule has 4 heteroatoms. The van der Waals surface area contributed by atoms with Crippen LogP contribution in [0.15, 0.2) is 48.5 Å². The van der Waals surface area contributed by atoms with Gasteiger partial charge in [-0.05, 0) is 24.6 Å². The number of amides is 2. The van der Waals surface area contributed by atoms with Crippen molar-refractivity contribution in [2.24, 2.45) is 0 Å². The maximum absolute atomic E-state index is 12.2. The average Bonchev–Trinajstić information content (AvgIpc) is 2.73. The highest BCUT2D eigenvalue weighted by Crippen LogP contribution is 2.25. The number of aliphatic hydroxyl groups is 1. The largest absolute Gasteiger partial charge is 0.387 e. The van der Waals surface area contributed by atoms with E-state index in [1.807, 2.05) is 25.1 Å². The standard InChI is InChI=1S/C17H15NO3/c1-11-5-4-6-12(9-11)15(19)10-18-16(20)13-7-2-3-8-14(13)17(18)21/h2-9,15,19H,10H2,1H3. The van der Waals surface area contributed by atoms with Crippen molar-refractivity contribution in [3.8, 4) is 0 Å². The van der Waals surface area contributed by atoms with Crippen molar-refractivity contribution in [1.82, 2.24) is 4.90 Å². The van der Waals surface area contributed by atoms with Crippen molar-refractivity contribution < 1.29 is 14.7 Å². The lowest BCUT2D eigenvalue weighted by Crippen LogP contribution is -2.33. The van der Waals surface area contributed by atoms with Crippen LogP contribution in [-0.2, 0) is 0 Å². The fourth-order valence-electron chi connectivity index (χ4n) is 2.56. The molecule has 1 aliphatic rings. The maximum Gasteiger partial charge on any atom is 0.261 e. The van der Waals surface area contributed by atoms with Crippen molar-refractivity contribution in [3.05, 3.63) is 70.8 Å². The monoisotopic (exact) mass is 281 g/mol. The van der Waals surface area contributed by atoms with Crippen LogP contribution in [-0.4, -0.2) is 28.4 Å². The molecule has 0 aliphatic carbocycles. The molecule has 1 unspecified atom stereocenters. The molecule has 4 nitrogen and oxygen atoms in total. The predicted molar refractivity (Wildman–Crippen MR) is 77.9 cm³/mol. The quantitative estimate of drug-likeness (QED) is 0.878. The van der Waals surface area contributed by atoms with Crippen molar-refractivity contribution in [3.63, 3.8) is 0 Å². The molecule has 2 aromatic carbocycles. The first-order valence-electron chi connectivity index (χ1n) is 6.78. The summed E-state index contributed by atoms with van der Waals surface area (Å²) in [6.45, 7) is 1.90. The van der Waals surface area contributed by atoms with Gasteiger partial charge in [-0.3, -0.25) is 14.5 Å². The number of β-amino-alcohol motifs (C(OH)–C–C–N with tert-alkyl or cyclic N) is 1. The number of carbonyl (C=O) groups is 2. The molecule has 0 saturated heterocycles. The smallest absolute Gasteiger partial charge is 0.261 e. The summed E-state index contributed by atoms with van der Waals surface area (Å²) in [5.74, 6) is -0.690. The highest BCUT2D eigenvalue weighted by atomic mass is 16.3. The van der Waals surface area contributed by atoms with Gasteiger partial charge < -0.3 is 5.11 Å². The lowest BCUT2D eigenvalue weighted by Gasteiger charge is -2.19. The summed E-state index contributed by atoms with van der Waals surface area (Å²) in [6, 6.07) is 14.1. The van der Waals surface area contributed by atoms with Gasteiger partial charge in [0.1, 0.15) is 0 Å². The first-order valence-corrected chi connectivity index (χ1v) is 6.78. The zero-order valence-corrected chi connectivity index (χ0v) is 11.6. The van der Waals surface area contributed by atoms with Crippen molar-refractivity contribution in [1.29, 1.82) is 0 Å². The topological polar surface area (TPSA) is 57.6 Å². The van der Waals surface area contributed by atoms with Gasteiger partial charge in [0.15, 0.2) is 0 Å². The third-order valence-corrected chi connectivity index (χ3v) is 3.66. The van der Waals surface area contributed by atoms with Gasteiger partial charge in [0.25, 0.3) is 11.8 Å². The Morgan fingerprint density at radius 1 is 1.00 bits per heavy atom. The number of hydrogen-bond acceptors (Lipinski definition) is 3. The zero-order chi connectivity index (χ0) is 15.0. The van der Waals surface area contributed by atoms with E-state index in [0.29, 0.717) is 16.7 Å². The molecule has 0 radical (unpaired) electrons. The third-order valence-electron chi connectivity index (χ3n) is 3.66. The van der Waals surface area contributed by atoms with Gasteiger partial charge in [0.05, 0.1) is 23.8 Å². The Labute approximate surface area is 122 Å². The molecule has 0 fully saturated rings. The van der Waals surface area contributed by atoms with Crippen molar-refractivity contribution in [2.45, 2.75) is 13.0 Å². The number of nitrogens with zero attached hydrogens (tertiary/aromatic N) is 1. The van der Waals surface area contributed by atoms with Gasteiger partial charge in [-0.2, -0.15) is 0 Å². The Bertz CT molecular complexity index is 688.